The van der Waals surface area contributed by atoms with Crippen molar-refractivity contribution in [1.82, 2.24) is 14.8 Å². The fourth-order valence-corrected chi connectivity index (χ4v) is 3.04. The van der Waals surface area contributed by atoms with Crippen LogP contribution in [0.25, 0.3) is 10.6 Å². The number of anilines is 1. The minimum Gasteiger partial charge on any atom is -0.309 e. The van der Waals surface area contributed by atoms with Gasteiger partial charge in [0.15, 0.2) is 0 Å². The number of aryl methyl sites for hydroxylation is 1. The van der Waals surface area contributed by atoms with Gasteiger partial charge in [0.25, 0.3) is 11.5 Å². The zero-order valence-electron chi connectivity index (χ0n) is 14.2. The standard InChI is InChI=1S/C18H18N4O2S/c1-12-6-4-8-15(19-12)20-17(24)18(2,3)22-16(23)10-9-13(21-22)14-7-5-11-25-14/h4-11H,1-3H3,(H,19,20,24). The Kier molecular flexibility index (Phi) is 4.50. The molecular formula is C18H18N4O2S. The van der Waals surface area contributed by atoms with E-state index in [1.807, 2.05) is 36.6 Å². The lowest BCUT2D eigenvalue weighted by atomic mass is 10.0. The highest BCUT2D eigenvalue weighted by atomic mass is 32.1. The third-order valence-electron chi connectivity index (χ3n) is 3.79. The number of aromatic nitrogens is 3. The van der Waals surface area contributed by atoms with Crippen LogP contribution in [-0.4, -0.2) is 20.7 Å². The van der Waals surface area contributed by atoms with Crippen molar-refractivity contribution in [2.75, 3.05) is 5.32 Å². The molecule has 0 aromatic carbocycles. The number of hydrogen-bond acceptors (Lipinski definition) is 5. The van der Waals surface area contributed by atoms with E-state index in [1.54, 1.807) is 26.0 Å². The van der Waals surface area contributed by atoms with E-state index in [1.165, 1.54) is 22.1 Å². The van der Waals surface area contributed by atoms with E-state index in [9.17, 15) is 9.59 Å². The van der Waals surface area contributed by atoms with Crippen molar-refractivity contribution in [1.29, 1.82) is 0 Å². The number of carbonyl (C=O) groups excluding carboxylic acids is 1. The molecule has 1 N–H and O–H groups in total. The Hall–Kier alpha value is -2.80. The molecule has 6 nitrogen and oxygen atoms in total. The summed E-state index contributed by atoms with van der Waals surface area (Å²) in [4.78, 5) is 30.3. The Bertz CT molecular complexity index is 961. The first-order valence-corrected chi connectivity index (χ1v) is 8.66. The van der Waals surface area contributed by atoms with E-state index in [4.69, 9.17) is 0 Å². The summed E-state index contributed by atoms with van der Waals surface area (Å²) in [7, 11) is 0. The summed E-state index contributed by atoms with van der Waals surface area (Å²) in [6.45, 7) is 5.16. The number of thiophene rings is 1. The molecule has 3 rings (SSSR count). The average Bonchev–Trinajstić information content (AvgIpc) is 3.09. The van der Waals surface area contributed by atoms with Gasteiger partial charge in [0.1, 0.15) is 17.1 Å². The second-order valence-corrected chi connectivity index (χ2v) is 7.07. The minimum atomic E-state index is -1.17. The van der Waals surface area contributed by atoms with Gasteiger partial charge in [0.2, 0.25) is 0 Å². The molecule has 0 aliphatic heterocycles. The second-order valence-electron chi connectivity index (χ2n) is 6.12. The quantitative estimate of drug-likeness (QED) is 0.781. The highest BCUT2D eigenvalue weighted by molar-refractivity contribution is 7.13. The molecule has 0 saturated carbocycles. The van der Waals surface area contributed by atoms with Crippen LogP contribution >= 0.6 is 11.3 Å². The van der Waals surface area contributed by atoms with E-state index in [-0.39, 0.29) is 11.5 Å². The smallest absolute Gasteiger partial charge is 0.267 e. The maximum Gasteiger partial charge on any atom is 0.267 e. The van der Waals surface area contributed by atoms with Crippen LogP contribution < -0.4 is 10.9 Å². The van der Waals surface area contributed by atoms with Crippen LogP contribution in [0.15, 0.2) is 52.6 Å². The van der Waals surface area contributed by atoms with Crippen molar-refractivity contribution in [3.05, 3.63) is 63.9 Å². The first-order chi connectivity index (χ1) is 11.9. The number of amides is 1. The summed E-state index contributed by atoms with van der Waals surface area (Å²) in [5, 5.41) is 9.09. The Morgan fingerprint density at radius 3 is 2.64 bits per heavy atom. The average molecular weight is 354 g/mol. The summed E-state index contributed by atoms with van der Waals surface area (Å²) in [6.07, 6.45) is 0. The number of hydrogen-bond donors (Lipinski definition) is 1. The van der Waals surface area contributed by atoms with Crippen LogP contribution in [0.1, 0.15) is 19.5 Å². The molecule has 0 spiro atoms. The van der Waals surface area contributed by atoms with Crippen molar-refractivity contribution >= 4 is 23.1 Å². The molecule has 3 heterocycles. The van der Waals surface area contributed by atoms with E-state index in [0.29, 0.717) is 11.5 Å². The van der Waals surface area contributed by atoms with Crippen LogP contribution in [0.2, 0.25) is 0 Å². The Morgan fingerprint density at radius 2 is 1.96 bits per heavy atom. The zero-order valence-corrected chi connectivity index (χ0v) is 15.0. The minimum absolute atomic E-state index is 0.336. The monoisotopic (exact) mass is 354 g/mol. The van der Waals surface area contributed by atoms with Gasteiger partial charge in [-0.2, -0.15) is 5.10 Å². The van der Waals surface area contributed by atoms with Gasteiger partial charge >= 0.3 is 0 Å². The molecule has 128 valence electrons. The molecule has 0 aliphatic carbocycles. The van der Waals surface area contributed by atoms with Crippen LogP contribution in [0.4, 0.5) is 5.82 Å². The largest absolute Gasteiger partial charge is 0.309 e. The fourth-order valence-electron chi connectivity index (χ4n) is 2.35. The van der Waals surface area contributed by atoms with Gasteiger partial charge < -0.3 is 5.32 Å². The molecule has 3 aromatic heterocycles. The summed E-state index contributed by atoms with van der Waals surface area (Å²) < 4.78 is 1.22. The molecule has 3 aromatic rings. The predicted octanol–water partition coefficient (Wildman–Crippen LogP) is 3.05. The summed E-state index contributed by atoms with van der Waals surface area (Å²) in [5.41, 5.74) is -0.0529. The van der Waals surface area contributed by atoms with Gasteiger partial charge in [-0.15, -0.1) is 11.3 Å². The van der Waals surface area contributed by atoms with Gasteiger partial charge in [-0.1, -0.05) is 12.1 Å². The Balaban J connectivity index is 1.94. The van der Waals surface area contributed by atoms with Gasteiger partial charge in [0.05, 0.1) is 4.88 Å². The van der Waals surface area contributed by atoms with Gasteiger partial charge in [0, 0.05) is 11.8 Å². The number of carbonyl (C=O) groups is 1. The lowest BCUT2D eigenvalue weighted by Gasteiger charge is -2.25. The number of nitrogens with one attached hydrogen (secondary N) is 1. The molecule has 7 heteroatoms. The molecule has 0 saturated heterocycles. The van der Waals surface area contributed by atoms with Crippen LogP contribution in [-0.2, 0) is 10.3 Å². The molecule has 25 heavy (non-hydrogen) atoms. The lowest BCUT2D eigenvalue weighted by molar-refractivity contribution is -0.123. The molecule has 0 radical (unpaired) electrons. The molecular weight excluding hydrogens is 336 g/mol. The summed E-state index contributed by atoms with van der Waals surface area (Å²) in [5.74, 6) is 0.0871. The molecule has 0 unspecified atom stereocenters. The van der Waals surface area contributed by atoms with Crippen molar-refractivity contribution in [3.63, 3.8) is 0 Å². The van der Waals surface area contributed by atoms with Gasteiger partial charge in [-0.25, -0.2) is 9.67 Å². The van der Waals surface area contributed by atoms with Crippen molar-refractivity contribution in [2.45, 2.75) is 26.3 Å². The second kappa shape index (κ2) is 6.60. The zero-order chi connectivity index (χ0) is 18.0. The maximum absolute atomic E-state index is 12.7. The number of nitrogens with zero attached hydrogens (tertiary/aromatic N) is 3. The van der Waals surface area contributed by atoms with Gasteiger partial charge in [-0.05, 0) is 50.4 Å². The molecule has 1 amide bonds. The summed E-state index contributed by atoms with van der Waals surface area (Å²) in [6, 6.07) is 12.3. The highest BCUT2D eigenvalue weighted by Crippen LogP contribution is 2.23. The summed E-state index contributed by atoms with van der Waals surface area (Å²) >= 11 is 1.53. The van der Waals surface area contributed by atoms with Crippen molar-refractivity contribution in [2.24, 2.45) is 0 Å². The topological polar surface area (TPSA) is 76.9 Å². The van der Waals surface area contributed by atoms with E-state index in [0.717, 1.165) is 10.6 Å². The van der Waals surface area contributed by atoms with E-state index in [2.05, 4.69) is 15.4 Å². The Labute approximate surface area is 149 Å². The molecule has 0 fully saturated rings. The molecule has 0 atom stereocenters. The first kappa shape index (κ1) is 17.0. The molecule has 0 bridgehead atoms. The van der Waals surface area contributed by atoms with E-state index >= 15 is 0 Å². The Morgan fingerprint density at radius 1 is 1.16 bits per heavy atom. The van der Waals surface area contributed by atoms with Crippen molar-refractivity contribution in [3.8, 4) is 10.6 Å². The third-order valence-corrected chi connectivity index (χ3v) is 4.68. The SMILES string of the molecule is Cc1cccc(NC(=O)C(C)(C)n2nc(-c3cccs3)ccc2=O)n1. The van der Waals surface area contributed by atoms with Crippen LogP contribution in [0.5, 0.6) is 0 Å². The van der Waals surface area contributed by atoms with Crippen molar-refractivity contribution < 1.29 is 4.79 Å². The lowest BCUT2D eigenvalue weighted by Crippen LogP contribution is -2.47. The number of pyridine rings is 1. The number of rotatable bonds is 4. The molecule has 0 aliphatic rings. The fraction of sp³-hybridized carbons (Fsp3) is 0.222. The predicted molar refractivity (Wildman–Crippen MR) is 98.7 cm³/mol. The van der Waals surface area contributed by atoms with Crippen LogP contribution in [0.3, 0.4) is 0 Å². The first-order valence-electron chi connectivity index (χ1n) is 7.78. The van der Waals surface area contributed by atoms with Gasteiger partial charge in [-0.3, -0.25) is 9.59 Å². The highest BCUT2D eigenvalue weighted by Gasteiger charge is 2.32. The van der Waals surface area contributed by atoms with E-state index < -0.39 is 5.54 Å². The maximum atomic E-state index is 12.7. The normalized spacial score (nSPS) is 11.3. The third kappa shape index (κ3) is 3.51. The van der Waals surface area contributed by atoms with Crippen LogP contribution in [0, 0.1) is 6.92 Å².